The van der Waals surface area contributed by atoms with Crippen LogP contribution in [0.4, 0.5) is 0 Å². The van der Waals surface area contributed by atoms with Crippen molar-refractivity contribution in [2.24, 2.45) is 0 Å². The number of hydrogen-bond donors (Lipinski definition) is 0. The first-order chi connectivity index (χ1) is 18.5. The van der Waals surface area contributed by atoms with Crippen molar-refractivity contribution >= 4 is 11.6 Å². The largest absolute Gasteiger partial charge is 0.497 e. The quantitative estimate of drug-likeness (QED) is 0.176. The number of benzene rings is 4. The summed E-state index contributed by atoms with van der Waals surface area (Å²) >= 11 is 0. The monoisotopic (exact) mass is 510 g/mol. The Kier molecular flexibility index (Phi) is 8.44. The molecular weight excluding hydrogens is 480 g/mol. The lowest BCUT2D eigenvalue weighted by Crippen LogP contribution is -2.14. The molecule has 0 amide bonds. The van der Waals surface area contributed by atoms with Crippen LogP contribution in [0, 0.1) is 0 Å². The zero-order valence-corrected chi connectivity index (χ0v) is 21.9. The molecule has 0 atom stereocenters. The number of hydrogen-bond acceptors (Lipinski definition) is 6. The lowest BCUT2D eigenvalue weighted by atomic mass is 9.94. The number of methoxy groups -OCH3 is 4. The molecule has 0 heterocycles. The lowest BCUT2D eigenvalue weighted by molar-refractivity contribution is 0.0817. The number of carbonyl (C=O) groups is 2. The summed E-state index contributed by atoms with van der Waals surface area (Å²) in [5.74, 6) is 1.31. The van der Waals surface area contributed by atoms with E-state index in [1.54, 1.807) is 63.8 Å². The summed E-state index contributed by atoms with van der Waals surface area (Å²) in [6.07, 6.45) is 1.62. The molecule has 4 rings (SSSR count). The molecule has 0 bridgehead atoms. The molecule has 0 spiro atoms. The fraction of sp³-hybridized carbons (Fsp3) is 0.188. The molecule has 0 saturated carbocycles. The van der Waals surface area contributed by atoms with E-state index < -0.39 is 11.6 Å². The van der Waals surface area contributed by atoms with Gasteiger partial charge in [0.25, 0.3) is 0 Å². The molecule has 38 heavy (non-hydrogen) atoms. The predicted molar refractivity (Wildman–Crippen MR) is 147 cm³/mol. The molecule has 0 radical (unpaired) electrons. The van der Waals surface area contributed by atoms with Gasteiger partial charge < -0.3 is 18.9 Å². The van der Waals surface area contributed by atoms with E-state index >= 15 is 0 Å². The van der Waals surface area contributed by atoms with E-state index in [0.29, 0.717) is 22.8 Å². The van der Waals surface area contributed by atoms with Crippen LogP contribution in [0.5, 0.6) is 23.0 Å². The molecule has 0 saturated heterocycles. The Balaban J connectivity index is 1.67. The molecule has 0 aliphatic heterocycles. The van der Waals surface area contributed by atoms with Gasteiger partial charge in [0, 0.05) is 22.3 Å². The van der Waals surface area contributed by atoms with Crippen LogP contribution in [-0.4, -0.2) is 40.0 Å². The maximum atomic E-state index is 13.2. The van der Waals surface area contributed by atoms with E-state index in [2.05, 4.69) is 6.07 Å². The summed E-state index contributed by atoms with van der Waals surface area (Å²) in [4.78, 5) is 26.2. The molecule has 0 N–H and O–H groups in total. The van der Waals surface area contributed by atoms with E-state index in [1.165, 1.54) is 12.7 Å². The maximum Gasteiger partial charge on any atom is 0.233 e. The minimum absolute atomic E-state index is 0.262. The third kappa shape index (κ3) is 5.86. The van der Waals surface area contributed by atoms with Gasteiger partial charge in [-0.05, 0) is 78.6 Å². The normalized spacial score (nSPS) is 10.5. The highest BCUT2D eigenvalue weighted by molar-refractivity contribution is 6.49. The molecule has 194 valence electrons. The highest BCUT2D eigenvalue weighted by atomic mass is 16.5. The van der Waals surface area contributed by atoms with Crippen molar-refractivity contribution < 1.29 is 28.5 Å². The van der Waals surface area contributed by atoms with E-state index in [1.807, 2.05) is 36.4 Å². The molecular formula is C32H30O6. The molecule has 6 heteroatoms. The molecule has 0 aliphatic carbocycles. The van der Waals surface area contributed by atoms with Crippen LogP contribution in [0.3, 0.4) is 0 Å². The van der Waals surface area contributed by atoms with Gasteiger partial charge in [-0.1, -0.05) is 30.3 Å². The van der Waals surface area contributed by atoms with Gasteiger partial charge in [-0.25, -0.2) is 0 Å². The minimum atomic E-state index is -0.615. The van der Waals surface area contributed by atoms with Gasteiger partial charge >= 0.3 is 0 Å². The second-order valence-electron chi connectivity index (χ2n) is 8.69. The first-order valence-electron chi connectivity index (χ1n) is 12.2. The van der Waals surface area contributed by atoms with Gasteiger partial charge in [-0.15, -0.1) is 0 Å². The number of ketones is 2. The zero-order valence-electron chi connectivity index (χ0n) is 21.9. The van der Waals surface area contributed by atoms with Gasteiger partial charge in [-0.2, -0.15) is 0 Å². The Morgan fingerprint density at radius 3 is 1.68 bits per heavy atom. The zero-order chi connectivity index (χ0) is 27.1. The van der Waals surface area contributed by atoms with Crippen molar-refractivity contribution in [2.75, 3.05) is 28.4 Å². The Morgan fingerprint density at radius 1 is 0.526 bits per heavy atom. The Bertz CT molecular complexity index is 1460. The Hall–Kier alpha value is -4.58. The Labute approximate surface area is 222 Å². The average molecular weight is 511 g/mol. The van der Waals surface area contributed by atoms with Crippen LogP contribution in [0.15, 0.2) is 84.9 Å². The standard InChI is InChI=1S/C32H30O6/c1-35-25-9-5-7-21(17-25)11-12-22-13-15-29(37-3)27(18-22)28-20-24(14-16-30(28)38-4)32(34)31(33)23-8-6-10-26(19-23)36-2/h5-10,13-20H,11-12H2,1-4H3. The van der Waals surface area contributed by atoms with E-state index in [4.69, 9.17) is 18.9 Å². The van der Waals surface area contributed by atoms with Crippen LogP contribution in [0.25, 0.3) is 11.1 Å². The first-order valence-corrected chi connectivity index (χ1v) is 12.2. The molecule has 0 unspecified atom stereocenters. The van der Waals surface area contributed by atoms with Crippen molar-refractivity contribution in [2.45, 2.75) is 12.8 Å². The van der Waals surface area contributed by atoms with Gasteiger partial charge in [0.1, 0.15) is 23.0 Å². The van der Waals surface area contributed by atoms with Crippen LogP contribution >= 0.6 is 0 Å². The number of ether oxygens (including phenoxy) is 4. The fourth-order valence-electron chi connectivity index (χ4n) is 4.32. The van der Waals surface area contributed by atoms with Crippen molar-refractivity contribution in [3.8, 4) is 34.1 Å². The van der Waals surface area contributed by atoms with Crippen molar-refractivity contribution in [1.82, 2.24) is 0 Å². The first kappa shape index (κ1) is 26.5. The van der Waals surface area contributed by atoms with Crippen LogP contribution in [0.1, 0.15) is 31.8 Å². The predicted octanol–water partition coefficient (Wildman–Crippen LogP) is 6.24. The van der Waals surface area contributed by atoms with E-state index in [9.17, 15) is 9.59 Å². The summed E-state index contributed by atoms with van der Waals surface area (Å²) in [5, 5.41) is 0. The third-order valence-electron chi connectivity index (χ3n) is 6.39. The third-order valence-corrected chi connectivity index (χ3v) is 6.39. The van der Waals surface area contributed by atoms with Crippen molar-refractivity contribution in [3.63, 3.8) is 0 Å². The van der Waals surface area contributed by atoms with Gasteiger partial charge in [0.15, 0.2) is 0 Å². The maximum absolute atomic E-state index is 13.2. The second-order valence-corrected chi connectivity index (χ2v) is 8.69. The summed E-state index contributed by atoms with van der Waals surface area (Å²) < 4.78 is 21.8. The van der Waals surface area contributed by atoms with Crippen molar-refractivity contribution in [3.05, 3.63) is 107 Å². The molecule has 0 aliphatic rings. The van der Waals surface area contributed by atoms with E-state index in [0.717, 1.165) is 29.7 Å². The molecule has 0 fully saturated rings. The van der Waals surface area contributed by atoms with Gasteiger partial charge in [-0.3, -0.25) is 9.59 Å². The van der Waals surface area contributed by atoms with Crippen molar-refractivity contribution in [1.29, 1.82) is 0 Å². The highest BCUT2D eigenvalue weighted by Crippen LogP contribution is 2.38. The summed E-state index contributed by atoms with van der Waals surface area (Å²) in [5.41, 5.74) is 4.23. The highest BCUT2D eigenvalue weighted by Gasteiger charge is 2.22. The topological polar surface area (TPSA) is 71.1 Å². The molecule has 6 nitrogen and oxygen atoms in total. The average Bonchev–Trinajstić information content (AvgIpc) is 2.98. The van der Waals surface area contributed by atoms with Crippen LogP contribution < -0.4 is 18.9 Å². The van der Waals surface area contributed by atoms with Crippen LogP contribution in [0.2, 0.25) is 0 Å². The molecule has 4 aromatic rings. The smallest absolute Gasteiger partial charge is 0.233 e. The Morgan fingerprint density at radius 2 is 1.05 bits per heavy atom. The molecule has 4 aromatic carbocycles. The number of carbonyl (C=O) groups excluding carboxylic acids is 2. The van der Waals surface area contributed by atoms with Crippen LogP contribution in [-0.2, 0) is 12.8 Å². The summed E-state index contributed by atoms with van der Waals surface area (Å²) in [6.45, 7) is 0. The second kappa shape index (κ2) is 12.1. The number of aryl methyl sites for hydroxylation is 2. The fourth-order valence-corrected chi connectivity index (χ4v) is 4.32. The minimum Gasteiger partial charge on any atom is -0.497 e. The summed E-state index contributed by atoms with van der Waals surface area (Å²) in [7, 11) is 6.34. The number of rotatable bonds is 11. The lowest BCUT2D eigenvalue weighted by Gasteiger charge is -2.15. The molecule has 0 aromatic heterocycles. The van der Waals surface area contributed by atoms with Gasteiger partial charge in [0.2, 0.25) is 11.6 Å². The SMILES string of the molecule is COc1cccc(CCc2ccc(OC)c(-c3cc(C(=O)C(=O)c4cccc(OC)c4)ccc3OC)c2)c1. The van der Waals surface area contributed by atoms with E-state index in [-0.39, 0.29) is 11.1 Å². The summed E-state index contributed by atoms with van der Waals surface area (Å²) in [6, 6.07) is 25.5. The number of Topliss-reactive ketones (excluding diaryl/α,β-unsaturated/α-hetero) is 2. The van der Waals surface area contributed by atoms with Gasteiger partial charge in [0.05, 0.1) is 28.4 Å².